The summed E-state index contributed by atoms with van der Waals surface area (Å²) in [4.78, 5) is 11.4. The van der Waals surface area contributed by atoms with Crippen molar-refractivity contribution in [3.05, 3.63) is 34.2 Å². The highest BCUT2D eigenvalue weighted by Crippen LogP contribution is 2.27. The lowest BCUT2D eigenvalue weighted by atomic mass is 10.2. The zero-order valence-electron chi connectivity index (χ0n) is 9.71. The number of halogens is 3. The van der Waals surface area contributed by atoms with Gasteiger partial charge in [0.1, 0.15) is 0 Å². The smallest absolute Gasteiger partial charge is 0.313 e. The molecule has 1 atom stereocenters. The highest BCUT2D eigenvalue weighted by Gasteiger charge is 2.31. The Balaban J connectivity index is 2.95. The largest absolute Gasteiger partial charge is 0.417 e. The Labute approximate surface area is 97.3 Å². The van der Waals surface area contributed by atoms with Crippen molar-refractivity contribution in [2.24, 2.45) is 0 Å². The van der Waals surface area contributed by atoms with Crippen LogP contribution in [0, 0.1) is 0 Å². The van der Waals surface area contributed by atoms with E-state index in [1.807, 2.05) is 13.8 Å². The van der Waals surface area contributed by atoms with Crippen LogP contribution in [0.25, 0.3) is 0 Å². The molecule has 1 rings (SSSR count). The number of alkyl halides is 3. The second kappa shape index (κ2) is 5.35. The first-order valence-corrected chi connectivity index (χ1v) is 5.35. The van der Waals surface area contributed by atoms with E-state index in [0.717, 1.165) is 22.9 Å². The molecule has 17 heavy (non-hydrogen) atoms. The molecule has 0 saturated carbocycles. The zero-order chi connectivity index (χ0) is 13.1. The molecule has 1 aromatic rings. The fraction of sp³-hybridized carbons (Fsp3) is 0.545. The van der Waals surface area contributed by atoms with Crippen LogP contribution < -0.4 is 10.9 Å². The minimum absolute atomic E-state index is 0.0545. The van der Waals surface area contributed by atoms with Gasteiger partial charge in [0.25, 0.3) is 5.56 Å². The first-order chi connectivity index (χ1) is 7.84. The van der Waals surface area contributed by atoms with Gasteiger partial charge in [-0.15, -0.1) is 0 Å². The van der Waals surface area contributed by atoms with Crippen LogP contribution in [-0.2, 0) is 12.7 Å². The normalized spacial score (nSPS) is 13.7. The molecule has 1 aromatic heterocycles. The van der Waals surface area contributed by atoms with Crippen molar-refractivity contribution in [1.82, 2.24) is 9.88 Å². The maximum atomic E-state index is 12.5. The summed E-state index contributed by atoms with van der Waals surface area (Å²) < 4.78 is 38.4. The average Bonchev–Trinajstić information content (AvgIpc) is 2.20. The molecule has 0 spiro atoms. The minimum atomic E-state index is -4.42. The summed E-state index contributed by atoms with van der Waals surface area (Å²) in [7, 11) is 0. The molecule has 96 valence electrons. The van der Waals surface area contributed by atoms with Crippen LogP contribution in [0.1, 0.15) is 19.4 Å². The molecule has 6 heteroatoms. The van der Waals surface area contributed by atoms with Crippen LogP contribution in [0.4, 0.5) is 13.2 Å². The van der Waals surface area contributed by atoms with Gasteiger partial charge in [-0.2, -0.15) is 13.2 Å². The number of nitrogens with zero attached hydrogens (tertiary/aromatic N) is 1. The number of hydrogen-bond donors (Lipinski definition) is 1. The van der Waals surface area contributed by atoms with Crippen LogP contribution in [0.15, 0.2) is 23.1 Å². The number of rotatable bonds is 4. The summed E-state index contributed by atoms with van der Waals surface area (Å²) in [6.45, 7) is 4.63. The third kappa shape index (κ3) is 3.89. The number of aromatic nitrogens is 1. The van der Waals surface area contributed by atoms with Crippen LogP contribution >= 0.6 is 0 Å². The lowest BCUT2D eigenvalue weighted by Crippen LogP contribution is -2.34. The monoisotopic (exact) mass is 248 g/mol. The summed E-state index contributed by atoms with van der Waals surface area (Å²) in [6.07, 6.45) is -3.56. The van der Waals surface area contributed by atoms with Gasteiger partial charge in [-0.3, -0.25) is 4.79 Å². The Morgan fingerprint density at radius 1 is 1.41 bits per heavy atom. The van der Waals surface area contributed by atoms with Crippen molar-refractivity contribution in [1.29, 1.82) is 0 Å². The summed E-state index contributed by atoms with van der Waals surface area (Å²) in [5, 5.41) is 3.04. The molecular weight excluding hydrogens is 233 g/mol. The van der Waals surface area contributed by atoms with Crippen molar-refractivity contribution < 1.29 is 13.2 Å². The standard InChI is InChI=1S/C11H15F3N2O/c1-3-15-8(2)6-16-7-9(11(12,13)14)4-5-10(16)17/h4-5,7-8,15H,3,6H2,1-2H3. The van der Waals surface area contributed by atoms with Gasteiger partial charge in [-0.25, -0.2) is 0 Å². The predicted octanol–water partition coefficient (Wildman–Crippen LogP) is 1.87. The van der Waals surface area contributed by atoms with Crippen molar-refractivity contribution in [3.63, 3.8) is 0 Å². The second-order valence-electron chi connectivity index (χ2n) is 3.86. The average molecular weight is 248 g/mol. The van der Waals surface area contributed by atoms with Crippen molar-refractivity contribution in [2.75, 3.05) is 6.54 Å². The third-order valence-electron chi connectivity index (χ3n) is 2.33. The number of hydrogen-bond acceptors (Lipinski definition) is 2. The molecule has 1 unspecified atom stereocenters. The van der Waals surface area contributed by atoms with Gasteiger partial charge in [0.15, 0.2) is 0 Å². The van der Waals surface area contributed by atoms with E-state index in [2.05, 4.69) is 5.32 Å². The lowest BCUT2D eigenvalue weighted by Gasteiger charge is -2.15. The number of nitrogens with one attached hydrogen (secondary N) is 1. The van der Waals surface area contributed by atoms with E-state index in [4.69, 9.17) is 0 Å². The molecule has 0 aliphatic carbocycles. The molecule has 1 heterocycles. The van der Waals surface area contributed by atoms with Gasteiger partial charge in [0.05, 0.1) is 5.56 Å². The molecule has 0 aromatic carbocycles. The highest BCUT2D eigenvalue weighted by molar-refractivity contribution is 5.13. The molecule has 0 aliphatic rings. The van der Waals surface area contributed by atoms with E-state index in [1.54, 1.807) is 0 Å². The third-order valence-corrected chi connectivity index (χ3v) is 2.33. The van der Waals surface area contributed by atoms with Gasteiger partial charge in [0.2, 0.25) is 0 Å². The van der Waals surface area contributed by atoms with Crippen LogP contribution in [0.3, 0.4) is 0 Å². The summed E-state index contributed by atoms with van der Waals surface area (Å²) >= 11 is 0. The summed E-state index contributed by atoms with van der Waals surface area (Å²) in [6, 6.07) is 1.69. The van der Waals surface area contributed by atoms with E-state index in [0.29, 0.717) is 6.54 Å². The maximum absolute atomic E-state index is 12.5. The van der Waals surface area contributed by atoms with E-state index in [-0.39, 0.29) is 12.6 Å². The van der Waals surface area contributed by atoms with Gasteiger partial charge in [-0.1, -0.05) is 6.92 Å². The van der Waals surface area contributed by atoms with Crippen LogP contribution in [-0.4, -0.2) is 17.2 Å². The Morgan fingerprint density at radius 3 is 2.59 bits per heavy atom. The quantitative estimate of drug-likeness (QED) is 0.882. The highest BCUT2D eigenvalue weighted by atomic mass is 19.4. The molecule has 0 saturated heterocycles. The summed E-state index contributed by atoms with van der Waals surface area (Å²) in [5.74, 6) is 0. The lowest BCUT2D eigenvalue weighted by molar-refractivity contribution is -0.138. The topological polar surface area (TPSA) is 34.0 Å². The molecule has 0 fully saturated rings. The molecule has 0 amide bonds. The molecule has 0 bridgehead atoms. The molecule has 1 N–H and O–H groups in total. The van der Waals surface area contributed by atoms with Gasteiger partial charge in [0, 0.05) is 24.8 Å². The van der Waals surface area contributed by atoms with Crippen LogP contribution in [0.5, 0.6) is 0 Å². The van der Waals surface area contributed by atoms with Crippen molar-refractivity contribution in [3.8, 4) is 0 Å². The van der Waals surface area contributed by atoms with E-state index in [1.165, 1.54) is 0 Å². The van der Waals surface area contributed by atoms with E-state index < -0.39 is 17.3 Å². The number of likely N-dealkylation sites (N-methyl/N-ethyl adjacent to an activating group) is 1. The molecule has 0 radical (unpaired) electrons. The fourth-order valence-electron chi connectivity index (χ4n) is 1.55. The Morgan fingerprint density at radius 2 is 2.06 bits per heavy atom. The molecule has 3 nitrogen and oxygen atoms in total. The van der Waals surface area contributed by atoms with Gasteiger partial charge < -0.3 is 9.88 Å². The van der Waals surface area contributed by atoms with E-state index in [9.17, 15) is 18.0 Å². The minimum Gasteiger partial charge on any atom is -0.313 e. The number of pyridine rings is 1. The van der Waals surface area contributed by atoms with E-state index >= 15 is 0 Å². The molecular formula is C11H15F3N2O. The SMILES string of the molecule is CCNC(C)Cn1cc(C(F)(F)F)ccc1=O. The first kappa shape index (κ1) is 13.8. The van der Waals surface area contributed by atoms with Crippen molar-refractivity contribution in [2.45, 2.75) is 32.6 Å². The van der Waals surface area contributed by atoms with Gasteiger partial charge >= 0.3 is 6.18 Å². The van der Waals surface area contributed by atoms with Crippen LogP contribution in [0.2, 0.25) is 0 Å². The molecule has 0 aliphatic heterocycles. The Bertz CT molecular complexity index is 425. The van der Waals surface area contributed by atoms with Gasteiger partial charge in [-0.05, 0) is 19.5 Å². The predicted molar refractivity (Wildman–Crippen MR) is 58.8 cm³/mol. The Hall–Kier alpha value is -1.30. The summed E-state index contributed by atoms with van der Waals surface area (Å²) in [5.41, 5.74) is -1.23. The zero-order valence-corrected chi connectivity index (χ0v) is 9.71. The fourth-order valence-corrected chi connectivity index (χ4v) is 1.55. The first-order valence-electron chi connectivity index (χ1n) is 5.35. The second-order valence-corrected chi connectivity index (χ2v) is 3.86. The maximum Gasteiger partial charge on any atom is 0.417 e. The van der Waals surface area contributed by atoms with Crippen molar-refractivity contribution >= 4 is 0 Å². The Kier molecular flexibility index (Phi) is 4.34.